The maximum absolute atomic E-state index is 13.7. The SMILES string of the molecule is C=CCN(Cc1ccccc1)C(=O)c1nn(CC)c2ccc(F)cc2c1=O. The van der Waals surface area contributed by atoms with E-state index in [4.69, 9.17) is 0 Å². The summed E-state index contributed by atoms with van der Waals surface area (Å²) in [4.78, 5) is 27.4. The minimum Gasteiger partial charge on any atom is -0.329 e. The Labute approximate surface area is 156 Å². The van der Waals surface area contributed by atoms with Gasteiger partial charge in [-0.15, -0.1) is 6.58 Å². The second-order valence-electron chi connectivity index (χ2n) is 6.11. The highest BCUT2D eigenvalue weighted by Crippen LogP contribution is 2.14. The molecule has 138 valence electrons. The molecule has 0 bridgehead atoms. The van der Waals surface area contributed by atoms with Crippen molar-refractivity contribution in [2.24, 2.45) is 0 Å². The lowest BCUT2D eigenvalue weighted by Gasteiger charge is -2.21. The van der Waals surface area contributed by atoms with Crippen molar-refractivity contribution >= 4 is 16.8 Å². The third-order valence-corrected chi connectivity index (χ3v) is 4.27. The van der Waals surface area contributed by atoms with Gasteiger partial charge >= 0.3 is 0 Å². The third-order valence-electron chi connectivity index (χ3n) is 4.27. The third kappa shape index (κ3) is 3.79. The molecule has 27 heavy (non-hydrogen) atoms. The number of carbonyl (C=O) groups excluding carboxylic acids is 1. The first-order valence-electron chi connectivity index (χ1n) is 8.69. The van der Waals surface area contributed by atoms with Crippen LogP contribution >= 0.6 is 0 Å². The number of aromatic nitrogens is 2. The van der Waals surface area contributed by atoms with Crippen molar-refractivity contribution in [3.63, 3.8) is 0 Å². The van der Waals surface area contributed by atoms with Crippen LogP contribution in [0.4, 0.5) is 4.39 Å². The van der Waals surface area contributed by atoms with E-state index in [2.05, 4.69) is 11.7 Å². The molecule has 1 amide bonds. The van der Waals surface area contributed by atoms with Crippen LogP contribution in [0.25, 0.3) is 10.9 Å². The van der Waals surface area contributed by atoms with Crippen LogP contribution in [0.3, 0.4) is 0 Å². The standard InChI is InChI=1S/C21H20FN3O2/c1-3-12-24(14-15-8-6-5-7-9-15)21(27)19-20(26)17-13-16(22)10-11-18(17)25(4-2)23-19/h3,5-11,13H,1,4,12,14H2,2H3. The molecule has 0 saturated heterocycles. The minimum absolute atomic E-state index is 0.147. The van der Waals surface area contributed by atoms with Gasteiger partial charge in [-0.05, 0) is 30.7 Å². The maximum atomic E-state index is 13.7. The number of amides is 1. The number of carbonyl (C=O) groups is 1. The highest BCUT2D eigenvalue weighted by atomic mass is 19.1. The first kappa shape index (κ1) is 18.5. The number of fused-ring (bicyclic) bond motifs is 1. The topological polar surface area (TPSA) is 55.2 Å². The van der Waals surface area contributed by atoms with Crippen molar-refractivity contribution in [2.45, 2.75) is 20.0 Å². The van der Waals surface area contributed by atoms with Gasteiger partial charge in [-0.2, -0.15) is 5.10 Å². The van der Waals surface area contributed by atoms with E-state index >= 15 is 0 Å². The Morgan fingerprint density at radius 2 is 2.00 bits per heavy atom. The van der Waals surface area contributed by atoms with Gasteiger partial charge in [0.25, 0.3) is 5.91 Å². The van der Waals surface area contributed by atoms with Crippen LogP contribution in [0.15, 0.2) is 66.0 Å². The number of halogens is 1. The van der Waals surface area contributed by atoms with Gasteiger partial charge in [0.05, 0.1) is 10.9 Å². The summed E-state index contributed by atoms with van der Waals surface area (Å²) >= 11 is 0. The maximum Gasteiger partial charge on any atom is 0.278 e. The quantitative estimate of drug-likeness (QED) is 0.629. The number of aryl methyl sites for hydroxylation is 1. The lowest BCUT2D eigenvalue weighted by Crippen LogP contribution is -2.36. The average molecular weight is 365 g/mol. The smallest absolute Gasteiger partial charge is 0.278 e. The van der Waals surface area contributed by atoms with Crippen molar-refractivity contribution in [2.75, 3.05) is 6.54 Å². The van der Waals surface area contributed by atoms with Crippen LogP contribution in [0.1, 0.15) is 23.0 Å². The van der Waals surface area contributed by atoms with Gasteiger partial charge in [0.15, 0.2) is 5.69 Å². The minimum atomic E-state index is -0.568. The van der Waals surface area contributed by atoms with Gasteiger partial charge in [0.2, 0.25) is 5.43 Å². The van der Waals surface area contributed by atoms with Crippen LogP contribution in [0, 0.1) is 5.82 Å². The fraction of sp³-hybridized carbons (Fsp3) is 0.190. The molecule has 3 rings (SSSR count). The predicted octanol–water partition coefficient (Wildman–Crippen LogP) is 3.38. The molecule has 0 unspecified atom stereocenters. The van der Waals surface area contributed by atoms with E-state index in [1.54, 1.807) is 6.08 Å². The van der Waals surface area contributed by atoms with E-state index < -0.39 is 17.2 Å². The zero-order valence-electron chi connectivity index (χ0n) is 15.1. The van der Waals surface area contributed by atoms with Gasteiger partial charge in [-0.25, -0.2) is 4.39 Å². The summed E-state index contributed by atoms with van der Waals surface area (Å²) in [6.45, 7) is 6.57. The largest absolute Gasteiger partial charge is 0.329 e. The second kappa shape index (κ2) is 7.95. The van der Waals surface area contributed by atoms with Gasteiger partial charge in [0, 0.05) is 19.6 Å². The summed E-state index contributed by atoms with van der Waals surface area (Å²) in [5.74, 6) is -1.03. The molecule has 0 aliphatic carbocycles. The van der Waals surface area contributed by atoms with Crippen LogP contribution in [-0.4, -0.2) is 27.1 Å². The Morgan fingerprint density at radius 3 is 2.67 bits per heavy atom. The fourth-order valence-corrected chi connectivity index (χ4v) is 2.97. The molecule has 0 N–H and O–H groups in total. The molecule has 0 spiro atoms. The molecule has 2 aromatic carbocycles. The number of nitrogens with zero attached hydrogens (tertiary/aromatic N) is 3. The predicted molar refractivity (Wildman–Crippen MR) is 103 cm³/mol. The van der Waals surface area contributed by atoms with Crippen LogP contribution in [0.5, 0.6) is 0 Å². The summed E-state index contributed by atoms with van der Waals surface area (Å²) in [5, 5.41) is 4.40. The monoisotopic (exact) mass is 365 g/mol. The van der Waals surface area contributed by atoms with Crippen LogP contribution in [-0.2, 0) is 13.1 Å². The van der Waals surface area contributed by atoms with Crippen molar-refractivity contribution in [1.29, 1.82) is 0 Å². The summed E-state index contributed by atoms with van der Waals surface area (Å²) < 4.78 is 15.2. The van der Waals surface area contributed by atoms with E-state index in [0.29, 0.717) is 18.6 Å². The fourth-order valence-electron chi connectivity index (χ4n) is 2.97. The molecule has 0 radical (unpaired) electrons. The zero-order valence-corrected chi connectivity index (χ0v) is 15.1. The van der Waals surface area contributed by atoms with Crippen molar-refractivity contribution in [3.05, 3.63) is 88.5 Å². The molecule has 0 atom stereocenters. The summed E-state index contributed by atoms with van der Waals surface area (Å²) in [6.07, 6.45) is 1.60. The highest BCUT2D eigenvalue weighted by molar-refractivity contribution is 5.95. The van der Waals surface area contributed by atoms with E-state index in [1.807, 2.05) is 37.3 Å². The van der Waals surface area contributed by atoms with Crippen molar-refractivity contribution in [3.8, 4) is 0 Å². The Morgan fingerprint density at radius 1 is 1.26 bits per heavy atom. The van der Waals surface area contributed by atoms with Gasteiger partial charge < -0.3 is 4.90 Å². The van der Waals surface area contributed by atoms with Crippen LogP contribution in [0.2, 0.25) is 0 Å². The number of hydrogen-bond donors (Lipinski definition) is 0. The molecular formula is C21H20FN3O2. The number of hydrogen-bond acceptors (Lipinski definition) is 3. The molecule has 0 fully saturated rings. The molecule has 6 heteroatoms. The van der Waals surface area contributed by atoms with Crippen molar-refractivity contribution < 1.29 is 9.18 Å². The highest BCUT2D eigenvalue weighted by Gasteiger charge is 2.22. The van der Waals surface area contributed by atoms with Crippen LogP contribution < -0.4 is 5.43 Å². The summed E-state index contributed by atoms with van der Waals surface area (Å²) in [6, 6.07) is 13.4. The molecule has 5 nitrogen and oxygen atoms in total. The van der Waals surface area contributed by atoms with Gasteiger partial charge in [-0.3, -0.25) is 14.3 Å². The lowest BCUT2D eigenvalue weighted by molar-refractivity contribution is 0.0753. The molecular weight excluding hydrogens is 345 g/mol. The summed E-state index contributed by atoms with van der Waals surface area (Å²) in [7, 11) is 0. The molecule has 0 aliphatic rings. The molecule has 0 saturated carbocycles. The van der Waals surface area contributed by atoms with E-state index in [-0.39, 0.29) is 17.6 Å². The van der Waals surface area contributed by atoms with E-state index in [0.717, 1.165) is 11.6 Å². The van der Waals surface area contributed by atoms with E-state index in [1.165, 1.54) is 21.7 Å². The molecule has 1 heterocycles. The Bertz CT molecular complexity index is 1040. The first-order chi connectivity index (χ1) is 13.0. The van der Waals surface area contributed by atoms with E-state index in [9.17, 15) is 14.0 Å². The normalized spacial score (nSPS) is 10.7. The Kier molecular flexibility index (Phi) is 5.45. The molecule has 3 aromatic rings. The van der Waals surface area contributed by atoms with Crippen molar-refractivity contribution in [1.82, 2.24) is 14.7 Å². The first-order valence-corrected chi connectivity index (χ1v) is 8.69. The van der Waals surface area contributed by atoms with Gasteiger partial charge in [0.1, 0.15) is 5.82 Å². The zero-order chi connectivity index (χ0) is 19.4. The number of benzene rings is 2. The summed E-state index contributed by atoms with van der Waals surface area (Å²) in [5.41, 5.74) is 0.642. The lowest BCUT2D eigenvalue weighted by atomic mass is 10.1. The second-order valence-corrected chi connectivity index (χ2v) is 6.11. The molecule has 0 aliphatic heterocycles. The molecule has 1 aromatic heterocycles. The Hall–Kier alpha value is -3.28. The van der Waals surface area contributed by atoms with Gasteiger partial charge in [-0.1, -0.05) is 36.4 Å². The number of rotatable bonds is 6. The Balaban J connectivity index is 2.08. The average Bonchev–Trinajstić information content (AvgIpc) is 2.68.